The molecule has 2 aromatic carbocycles. The molecule has 0 unspecified atom stereocenters. The van der Waals surface area contributed by atoms with Crippen LogP contribution in [0.1, 0.15) is 67.4 Å². The molecule has 2 aromatic rings. The molecule has 0 bridgehead atoms. The zero-order valence-electron chi connectivity index (χ0n) is 18.0. The van der Waals surface area contributed by atoms with Crippen molar-refractivity contribution >= 4 is 17.5 Å². The molecule has 1 aliphatic carbocycles. The maximum atomic E-state index is 13.2. The number of carbonyl (C=O) groups excluding carboxylic acids is 2. The first-order valence-electron chi connectivity index (χ1n) is 10.8. The van der Waals surface area contributed by atoms with Gasteiger partial charge in [-0.3, -0.25) is 9.59 Å². The summed E-state index contributed by atoms with van der Waals surface area (Å²) in [6.45, 7) is 6.04. The normalized spacial score (nSPS) is 18.5. The van der Waals surface area contributed by atoms with E-state index in [1.54, 1.807) is 36.9 Å². The number of aryl methyl sites for hydroxylation is 1. The summed E-state index contributed by atoms with van der Waals surface area (Å²) in [4.78, 5) is 27.8. The van der Waals surface area contributed by atoms with Crippen LogP contribution < -0.4 is 15.0 Å². The molecule has 0 spiro atoms. The summed E-state index contributed by atoms with van der Waals surface area (Å²) in [5.74, 6) is 0.429. The highest BCUT2D eigenvalue weighted by Gasteiger charge is 2.41. The Labute approximate surface area is 178 Å². The van der Waals surface area contributed by atoms with Gasteiger partial charge in [0.15, 0.2) is 5.60 Å². The van der Waals surface area contributed by atoms with Crippen LogP contribution >= 0.6 is 0 Å². The molecular weight excluding hydrogens is 376 g/mol. The standard InChI is InChI=1S/C25H30N2O3/c1-17-9-11-18(12-10-17)16-27-21-15-19(23(28)26-20-7-5-4-6-8-20)13-14-22(21)30-25(2,3)24(27)29/h9-15,20H,4-8,16H2,1-3H3,(H,26,28). The second kappa shape index (κ2) is 8.13. The van der Waals surface area contributed by atoms with Gasteiger partial charge in [0.05, 0.1) is 12.2 Å². The molecule has 5 nitrogen and oxygen atoms in total. The summed E-state index contributed by atoms with van der Waals surface area (Å²) in [6.07, 6.45) is 5.64. The van der Waals surface area contributed by atoms with Gasteiger partial charge in [-0.2, -0.15) is 0 Å². The molecule has 0 saturated heterocycles. The van der Waals surface area contributed by atoms with Gasteiger partial charge in [-0.05, 0) is 57.4 Å². The summed E-state index contributed by atoms with van der Waals surface area (Å²) in [6, 6.07) is 13.8. The minimum absolute atomic E-state index is 0.0859. The highest BCUT2D eigenvalue weighted by Crippen LogP contribution is 2.39. The molecule has 2 amide bonds. The second-order valence-corrected chi connectivity index (χ2v) is 8.98. The number of nitrogens with zero attached hydrogens (tertiary/aromatic N) is 1. The smallest absolute Gasteiger partial charge is 0.271 e. The molecule has 1 aliphatic heterocycles. The van der Waals surface area contributed by atoms with Crippen molar-refractivity contribution in [2.45, 2.75) is 71.1 Å². The van der Waals surface area contributed by atoms with Gasteiger partial charge in [-0.1, -0.05) is 49.1 Å². The molecule has 1 heterocycles. The molecule has 1 N–H and O–H groups in total. The van der Waals surface area contributed by atoms with Gasteiger partial charge in [0.1, 0.15) is 5.75 Å². The van der Waals surface area contributed by atoms with Gasteiger partial charge in [0.2, 0.25) is 0 Å². The maximum absolute atomic E-state index is 13.2. The lowest BCUT2D eigenvalue weighted by Gasteiger charge is -2.39. The van der Waals surface area contributed by atoms with Crippen LogP contribution in [0.2, 0.25) is 0 Å². The van der Waals surface area contributed by atoms with E-state index in [9.17, 15) is 9.59 Å². The summed E-state index contributed by atoms with van der Waals surface area (Å²) >= 11 is 0. The number of nitrogens with one attached hydrogen (secondary N) is 1. The third kappa shape index (κ3) is 4.20. The summed E-state index contributed by atoms with van der Waals surface area (Å²) in [5, 5.41) is 3.16. The third-order valence-corrected chi connectivity index (χ3v) is 6.04. The van der Waals surface area contributed by atoms with E-state index in [2.05, 4.69) is 5.32 Å². The zero-order valence-corrected chi connectivity index (χ0v) is 18.0. The molecular formula is C25H30N2O3. The number of rotatable bonds is 4. The van der Waals surface area contributed by atoms with E-state index in [4.69, 9.17) is 4.74 Å². The molecule has 0 aromatic heterocycles. The van der Waals surface area contributed by atoms with E-state index in [1.165, 1.54) is 12.0 Å². The SMILES string of the molecule is Cc1ccc(CN2C(=O)C(C)(C)Oc3ccc(C(=O)NC4CCCCC4)cc32)cc1. The van der Waals surface area contributed by atoms with Crippen LogP contribution in [0.5, 0.6) is 5.75 Å². The number of anilines is 1. The molecule has 4 rings (SSSR count). The fourth-order valence-electron chi connectivity index (χ4n) is 4.26. The molecule has 5 heteroatoms. The Hall–Kier alpha value is -2.82. The molecule has 0 radical (unpaired) electrons. The van der Waals surface area contributed by atoms with Crippen LogP contribution in [-0.4, -0.2) is 23.5 Å². The minimum Gasteiger partial charge on any atom is -0.476 e. The van der Waals surface area contributed by atoms with Gasteiger partial charge >= 0.3 is 0 Å². The zero-order chi connectivity index (χ0) is 21.3. The number of carbonyl (C=O) groups is 2. The van der Waals surface area contributed by atoms with E-state index in [1.807, 2.05) is 31.2 Å². The van der Waals surface area contributed by atoms with Gasteiger partial charge in [0.25, 0.3) is 11.8 Å². The lowest BCUT2D eigenvalue weighted by Crippen LogP contribution is -2.52. The first-order valence-corrected chi connectivity index (χ1v) is 10.8. The number of ether oxygens (including phenoxy) is 1. The Kier molecular flexibility index (Phi) is 5.54. The average molecular weight is 407 g/mol. The lowest BCUT2D eigenvalue weighted by molar-refractivity contribution is -0.132. The Morgan fingerprint density at radius 2 is 1.80 bits per heavy atom. The van der Waals surface area contributed by atoms with E-state index < -0.39 is 5.60 Å². The summed E-state index contributed by atoms with van der Waals surface area (Å²) < 4.78 is 5.98. The highest BCUT2D eigenvalue weighted by molar-refractivity contribution is 6.04. The van der Waals surface area contributed by atoms with Crippen molar-refractivity contribution in [3.8, 4) is 5.75 Å². The van der Waals surface area contributed by atoms with Crippen molar-refractivity contribution in [3.05, 3.63) is 59.2 Å². The average Bonchev–Trinajstić information content (AvgIpc) is 2.73. The Bertz CT molecular complexity index is 943. The first-order chi connectivity index (χ1) is 14.3. The molecule has 2 aliphatic rings. The summed E-state index contributed by atoms with van der Waals surface area (Å²) in [5.41, 5.74) is 2.47. The predicted octanol–water partition coefficient (Wildman–Crippen LogP) is 4.76. The van der Waals surface area contributed by atoms with Gasteiger partial charge < -0.3 is 15.0 Å². The Morgan fingerprint density at radius 3 is 2.50 bits per heavy atom. The number of amides is 2. The van der Waals surface area contributed by atoms with Crippen molar-refractivity contribution < 1.29 is 14.3 Å². The quantitative estimate of drug-likeness (QED) is 0.796. The largest absolute Gasteiger partial charge is 0.476 e. The topological polar surface area (TPSA) is 58.6 Å². The van der Waals surface area contributed by atoms with Crippen molar-refractivity contribution in [1.29, 1.82) is 0 Å². The number of benzene rings is 2. The van der Waals surface area contributed by atoms with E-state index in [0.717, 1.165) is 31.2 Å². The van der Waals surface area contributed by atoms with Crippen LogP contribution in [0.3, 0.4) is 0 Å². The molecule has 1 fully saturated rings. The number of fused-ring (bicyclic) bond motifs is 1. The van der Waals surface area contributed by atoms with Crippen molar-refractivity contribution in [2.24, 2.45) is 0 Å². The summed E-state index contributed by atoms with van der Waals surface area (Å²) in [7, 11) is 0. The van der Waals surface area contributed by atoms with Crippen molar-refractivity contribution in [2.75, 3.05) is 4.90 Å². The Morgan fingerprint density at radius 1 is 1.10 bits per heavy atom. The van der Waals surface area contributed by atoms with Crippen LogP contribution in [0, 0.1) is 6.92 Å². The fourth-order valence-corrected chi connectivity index (χ4v) is 4.26. The number of hydrogen-bond donors (Lipinski definition) is 1. The maximum Gasteiger partial charge on any atom is 0.271 e. The van der Waals surface area contributed by atoms with E-state index in [-0.39, 0.29) is 17.9 Å². The van der Waals surface area contributed by atoms with Gasteiger partial charge in [-0.15, -0.1) is 0 Å². The van der Waals surface area contributed by atoms with E-state index in [0.29, 0.717) is 23.5 Å². The Balaban J connectivity index is 1.63. The third-order valence-electron chi connectivity index (χ3n) is 6.04. The molecule has 1 saturated carbocycles. The van der Waals surface area contributed by atoms with E-state index >= 15 is 0 Å². The van der Waals surface area contributed by atoms with Crippen LogP contribution in [0.25, 0.3) is 0 Å². The van der Waals surface area contributed by atoms with Crippen LogP contribution in [0.4, 0.5) is 5.69 Å². The van der Waals surface area contributed by atoms with Crippen LogP contribution in [-0.2, 0) is 11.3 Å². The monoisotopic (exact) mass is 406 g/mol. The van der Waals surface area contributed by atoms with Gasteiger partial charge in [-0.25, -0.2) is 0 Å². The molecule has 0 atom stereocenters. The lowest BCUT2D eigenvalue weighted by atomic mass is 9.95. The van der Waals surface area contributed by atoms with Gasteiger partial charge in [0, 0.05) is 11.6 Å². The fraction of sp³-hybridized carbons (Fsp3) is 0.440. The first kappa shape index (κ1) is 20.5. The second-order valence-electron chi connectivity index (χ2n) is 8.98. The molecule has 30 heavy (non-hydrogen) atoms. The highest BCUT2D eigenvalue weighted by atomic mass is 16.5. The van der Waals surface area contributed by atoms with Crippen molar-refractivity contribution in [3.63, 3.8) is 0 Å². The molecule has 158 valence electrons. The number of hydrogen-bond acceptors (Lipinski definition) is 3. The predicted molar refractivity (Wildman–Crippen MR) is 118 cm³/mol. The minimum atomic E-state index is -0.955. The van der Waals surface area contributed by atoms with Crippen molar-refractivity contribution in [1.82, 2.24) is 5.32 Å². The van der Waals surface area contributed by atoms with Crippen LogP contribution in [0.15, 0.2) is 42.5 Å².